The largest absolute Gasteiger partial charge is 0.481 e. The maximum atomic E-state index is 12.1. The third kappa shape index (κ3) is 9.13. The molecule has 25 heavy (non-hydrogen) atoms. The van der Waals surface area contributed by atoms with Crippen molar-refractivity contribution in [1.82, 2.24) is 0 Å². The van der Waals surface area contributed by atoms with Gasteiger partial charge in [0.1, 0.15) is 11.2 Å². The highest BCUT2D eigenvalue weighted by atomic mass is 32.2. The smallest absolute Gasteiger partial charge is 0.303 e. The molecule has 1 aliphatic carbocycles. The topological polar surface area (TPSA) is 94.8 Å². The van der Waals surface area contributed by atoms with Crippen LogP contribution in [0.15, 0.2) is 12.2 Å². The molecule has 0 aliphatic heterocycles. The quantitative estimate of drug-likeness (QED) is 0.167. The molecule has 1 fully saturated rings. The number of unbranched alkanes of at least 4 members (excludes halogenated alkanes) is 3. The van der Waals surface area contributed by atoms with Crippen LogP contribution in [0.2, 0.25) is 0 Å². The fourth-order valence-electron chi connectivity index (χ4n) is 3.13. The monoisotopic (exact) mass is 390 g/mol. The number of aliphatic carboxylic acids is 1. The highest BCUT2D eigenvalue weighted by Crippen LogP contribution is 2.34. The standard InChI is InChI=1S/C18H30O5S2/c19-15-12-16(20)14(8-9-18(23)25-11-5-10-24)13(15)6-3-1-2-4-7-17(21)22/h8-9,13-14,16,18,20,23-24H,1-7,10-12H2,(H,21,22)/b9-8+. The molecular weight excluding hydrogens is 360 g/mol. The first-order valence-electron chi connectivity index (χ1n) is 8.97. The van der Waals surface area contributed by atoms with Crippen LogP contribution in [0.1, 0.15) is 51.4 Å². The summed E-state index contributed by atoms with van der Waals surface area (Å²) in [7, 11) is 0. The van der Waals surface area contributed by atoms with E-state index in [1.54, 1.807) is 12.2 Å². The number of carbonyl (C=O) groups is 2. The fraction of sp³-hybridized carbons (Fsp3) is 0.778. The van der Waals surface area contributed by atoms with Gasteiger partial charge in [-0.3, -0.25) is 9.59 Å². The molecule has 0 heterocycles. The minimum atomic E-state index is -0.773. The number of aliphatic hydroxyl groups excluding tert-OH is 2. The Bertz CT molecular complexity index is 441. The van der Waals surface area contributed by atoms with Crippen LogP contribution in [0, 0.1) is 11.8 Å². The third-order valence-electron chi connectivity index (χ3n) is 4.48. The number of thioether (sulfide) groups is 1. The van der Waals surface area contributed by atoms with Gasteiger partial charge in [-0.1, -0.05) is 25.3 Å². The molecule has 0 radical (unpaired) electrons. The molecule has 1 aliphatic rings. The van der Waals surface area contributed by atoms with Crippen LogP contribution in [0.25, 0.3) is 0 Å². The van der Waals surface area contributed by atoms with E-state index in [2.05, 4.69) is 12.6 Å². The Kier molecular flexibility index (Phi) is 11.5. The Morgan fingerprint density at radius 2 is 2.00 bits per heavy atom. The van der Waals surface area contributed by atoms with Crippen molar-refractivity contribution in [3.05, 3.63) is 12.2 Å². The van der Waals surface area contributed by atoms with Crippen LogP contribution in [-0.2, 0) is 9.59 Å². The second-order valence-corrected chi connectivity index (χ2v) is 8.16. The summed E-state index contributed by atoms with van der Waals surface area (Å²) in [5.74, 6) is 0.497. The van der Waals surface area contributed by atoms with Crippen LogP contribution in [0.5, 0.6) is 0 Å². The first-order chi connectivity index (χ1) is 12.0. The van der Waals surface area contributed by atoms with Crippen molar-refractivity contribution in [3.8, 4) is 0 Å². The highest BCUT2D eigenvalue weighted by molar-refractivity contribution is 7.99. The van der Waals surface area contributed by atoms with E-state index in [1.807, 2.05) is 0 Å². The van der Waals surface area contributed by atoms with Crippen LogP contribution in [0.4, 0.5) is 0 Å². The lowest BCUT2D eigenvalue weighted by Crippen LogP contribution is -2.19. The van der Waals surface area contributed by atoms with Crippen LogP contribution >= 0.6 is 24.4 Å². The van der Waals surface area contributed by atoms with E-state index in [9.17, 15) is 19.8 Å². The summed E-state index contributed by atoms with van der Waals surface area (Å²) in [4.78, 5) is 22.6. The van der Waals surface area contributed by atoms with E-state index in [4.69, 9.17) is 5.11 Å². The SMILES string of the molecule is O=C(O)CCCCCCC1C(=O)CC(O)C1/C=C/C(O)SCCCS. The molecule has 0 aromatic carbocycles. The van der Waals surface area contributed by atoms with Crippen molar-refractivity contribution >= 4 is 36.1 Å². The van der Waals surface area contributed by atoms with E-state index < -0.39 is 17.5 Å². The van der Waals surface area contributed by atoms with Gasteiger partial charge in [-0.15, -0.1) is 11.8 Å². The highest BCUT2D eigenvalue weighted by Gasteiger charge is 2.39. The zero-order chi connectivity index (χ0) is 18.7. The summed E-state index contributed by atoms with van der Waals surface area (Å²) >= 11 is 5.55. The molecule has 4 atom stereocenters. The molecule has 0 saturated heterocycles. The van der Waals surface area contributed by atoms with Gasteiger partial charge in [0, 0.05) is 24.7 Å². The number of hydrogen-bond donors (Lipinski definition) is 4. The number of carboxylic acid groups (broad SMARTS) is 1. The summed E-state index contributed by atoms with van der Waals surface area (Å²) < 4.78 is 0. The van der Waals surface area contributed by atoms with Gasteiger partial charge in [-0.25, -0.2) is 0 Å². The van der Waals surface area contributed by atoms with Crippen molar-refractivity contribution in [2.75, 3.05) is 11.5 Å². The zero-order valence-corrected chi connectivity index (χ0v) is 16.3. The van der Waals surface area contributed by atoms with Crippen molar-refractivity contribution in [2.45, 2.75) is 62.9 Å². The molecule has 1 saturated carbocycles. The van der Waals surface area contributed by atoms with Crippen molar-refractivity contribution in [1.29, 1.82) is 0 Å². The number of thiol groups is 1. The van der Waals surface area contributed by atoms with Gasteiger partial charge in [0.15, 0.2) is 0 Å². The molecule has 4 unspecified atom stereocenters. The Hall–Kier alpha value is -0.500. The van der Waals surface area contributed by atoms with Gasteiger partial charge in [-0.2, -0.15) is 12.6 Å². The molecule has 144 valence electrons. The normalized spacial score (nSPS) is 24.9. The number of hydrogen-bond acceptors (Lipinski definition) is 6. The second-order valence-electron chi connectivity index (χ2n) is 6.49. The molecule has 3 N–H and O–H groups in total. The molecule has 0 spiro atoms. The van der Waals surface area contributed by atoms with E-state index in [1.165, 1.54) is 11.8 Å². The lowest BCUT2D eigenvalue weighted by atomic mass is 9.89. The summed E-state index contributed by atoms with van der Waals surface area (Å²) in [5.41, 5.74) is -0.626. The Morgan fingerprint density at radius 1 is 1.28 bits per heavy atom. The van der Waals surface area contributed by atoms with Crippen LogP contribution < -0.4 is 0 Å². The predicted molar refractivity (Wildman–Crippen MR) is 104 cm³/mol. The van der Waals surface area contributed by atoms with E-state index in [0.29, 0.717) is 12.8 Å². The average Bonchev–Trinajstić information content (AvgIpc) is 2.82. The number of carboxylic acids is 1. The fourth-order valence-corrected chi connectivity index (χ4v) is 4.26. The van der Waals surface area contributed by atoms with E-state index >= 15 is 0 Å². The minimum Gasteiger partial charge on any atom is -0.481 e. The van der Waals surface area contributed by atoms with Gasteiger partial charge < -0.3 is 15.3 Å². The van der Waals surface area contributed by atoms with E-state index in [-0.39, 0.29) is 30.5 Å². The first kappa shape index (κ1) is 22.5. The number of rotatable bonds is 13. The maximum Gasteiger partial charge on any atom is 0.303 e. The molecular formula is C18H30O5S2. The lowest BCUT2D eigenvalue weighted by Gasteiger charge is -2.18. The molecule has 0 amide bonds. The van der Waals surface area contributed by atoms with E-state index in [0.717, 1.165) is 37.2 Å². The summed E-state index contributed by atoms with van der Waals surface area (Å²) in [6.07, 6.45) is 8.06. The van der Waals surface area contributed by atoms with Crippen LogP contribution in [-0.4, -0.2) is 50.1 Å². The van der Waals surface area contributed by atoms with Crippen molar-refractivity contribution < 1.29 is 24.9 Å². The average molecular weight is 391 g/mol. The Balaban J connectivity index is 2.39. The minimum absolute atomic E-state index is 0.0879. The van der Waals surface area contributed by atoms with Gasteiger partial charge in [0.05, 0.1) is 6.10 Å². The van der Waals surface area contributed by atoms with Gasteiger partial charge in [-0.05, 0) is 36.8 Å². The summed E-state index contributed by atoms with van der Waals surface area (Å²) in [6, 6.07) is 0. The molecule has 0 aromatic heterocycles. The summed E-state index contributed by atoms with van der Waals surface area (Å²) in [5, 5.41) is 28.7. The lowest BCUT2D eigenvalue weighted by molar-refractivity contribution is -0.137. The Labute approximate surface area is 159 Å². The van der Waals surface area contributed by atoms with Crippen molar-refractivity contribution in [3.63, 3.8) is 0 Å². The maximum absolute atomic E-state index is 12.1. The predicted octanol–water partition coefficient (Wildman–Crippen LogP) is 2.91. The Morgan fingerprint density at radius 3 is 2.68 bits per heavy atom. The molecule has 7 heteroatoms. The number of carbonyl (C=O) groups excluding carboxylic acids is 1. The zero-order valence-electron chi connectivity index (χ0n) is 14.5. The van der Waals surface area contributed by atoms with Crippen LogP contribution in [0.3, 0.4) is 0 Å². The number of ketones is 1. The molecule has 0 aromatic rings. The van der Waals surface area contributed by atoms with Gasteiger partial charge in [0.2, 0.25) is 0 Å². The first-order valence-corrected chi connectivity index (χ1v) is 10.6. The summed E-state index contributed by atoms with van der Waals surface area (Å²) in [6.45, 7) is 0. The van der Waals surface area contributed by atoms with Gasteiger partial charge >= 0.3 is 5.97 Å². The molecule has 5 nitrogen and oxygen atoms in total. The molecule has 0 bridgehead atoms. The number of Topliss-reactive ketones (excluding diaryl/α,β-unsaturated/α-hetero) is 1. The van der Waals surface area contributed by atoms with Crippen molar-refractivity contribution in [2.24, 2.45) is 11.8 Å². The second kappa shape index (κ2) is 12.8. The van der Waals surface area contributed by atoms with Gasteiger partial charge in [0.25, 0.3) is 0 Å². The molecule has 1 rings (SSSR count). The third-order valence-corrected chi connectivity index (χ3v) is 5.82. The number of aliphatic hydroxyl groups is 2.